The van der Waals surface area contributed by atoms with Crippen LogP contribution in [-0.4, -0.2) is 23.3 Å². The number of carbonyl (C=O) groups is 2. The predicted molar refractivity (Wildman–Crippen MR) is 118 cm³/mol. The van der Waals surface area contributed by atoms with Crippen molar-refractivity contribution in [1.82, 2.24) is 4.90 Å². The van der Waals surface area contributed by atoms with Crippen LogP contribution in [0.2, 0.25) is 10.0 Å². The summed E-state index contributed by atoms with van der Waals surface area (Å²) in [5, 5.41) is 6.00. The molecular weight excluding hydrogens is 407 g/mol. The van der Waals surface area contributed by atoms with Crippen LogP contribution in [0.3, 0.4) is 0 Å². The third-order valence-electron chi connectivity index (χ3n) is 4.87. The number of fused-ring (bicyclic) bond motifs is 1. The van der Waals surface area contributed by atoms with Crippen LogP contribution >= 0.6 is 23.2 Å². The van der Waals surface area contributed by atoms with Gasteiger partial charge in [-0.25, -0.2) is 0 Å². The number of anilines is 1. The van der Waals surface area contributed by atoms with Gasteiger partial charge in [0.05, 0.1) is 10.6 Å². The number of amides is 2. The summed E-state index contributed by atoms with van der Waals surface area (Å²) in [5.74, 6) is -0.713. The van der Waals surface area contributed by atoms with Gasteiger partial charge in [0.25, 0.3) is 11.8 Å². The third kappa shape index (κ3) is 3.50. The Kier molecular flexibility index (Phi) is 5.31. The molecule has 1 heterocycles. The molecule has 4 rings (SSSR count). The molecule has 0 fully saturated rings. The molecule has 0 aromatic heterocycles. The van der Waals surface area contributed by atoms with Crippen molar-refractivity contribution in [2.75, 3.05) is 11.9 Å². The van der Waals surface area contributed by atoms with Crippen LogP contribution in [0.25, 0.3) is 16.3 Å². The molecule has 0 spiro atoms. The lowest BCUT2D eigenvalue weighted by atomic mass is 10.0. The highest BCUT2D eigenvalue weighted by Crippen LogP contribution is 2.36. The summed E-state index contributed by atoms with van der Waals surface area (Å²) in [6.45, 7) is 2.26. The van der Waals surface area contributed by atoms with Crippen LogP contribution in [-0.2, 0) is 9.59 Å². The molecule has 3 aromatic carbocycles. The van der Waals surface area contributed by atoms with E-state index in [9.17, 15) is 9.59 Å². The SMILES string of the molecule is CCCN1C(=O)C(Nc2cccc3ccccc23)=C(c2ccc(Cl)cc2Cl)C1=O. The third-order valence-corrected chi connectivity index (χ3v) is 5.41. The quantitative estimate of drug-likeness (QED) is 0.530. The summed E-state index contributed by atoms with van der Waals surface area (Å²) in [5.41, 5.74) is 1.72. The van der Waals surface area contributed by atoms with Crippen molar-refractivity contribution in [2.45, 2.75) is 13.3 Å². The molecule has 0 bridgehead atoms. The molecule has 1 aliphatic rings. The van der Waals surface area contributed by atoms with Crippen LogP contribution < -0.4 is 5.32 Å². The standard InChI is InChI=1S/C23H18Cl2N2O2/c1-2-12-27-22(28)20(17-11-10-15(24)13-18(17)25)21(23(27)29)26-19-9-5-7-14-6-3-4-8-16(14)19/h3-11,13,26H,2,12H2,1H3. The fourth-order valence-corrected chi connectivity index (χ4v) is 4.03. The summed E-state index contributed by atoms with van der Waals surface area (Å²) in [6.07, 6.45) is 0.667. The van der Waals surface area contributed by atoms with E-state index in [1.165, 1.54) is 4.90 Å². The van der Waals surface area contributed by atoms with Crippen molar-refractivity contribution in [3.8, 4) is 0 Å². The van der Waals surface area contributed by atoms with Crippen LogP contribution in [0, 0.1) is 0 Å². The highest BCUT2D eigenvalue weighted by Gasteiger charge is 2.39. The predicted octanol–water partition coefficient (Wildman–Crippen LogP) is 5.75. The molecule has 6 heteroatoms. The van der Waals surface area contributed by atoms with E-state index >= 15 is 0 Å². The maximum Gasteiger partial charge on any atom is 0.278 e. The smallest absolute Gasteiger partial charge is 0.278 e. The van der Waals surface area contributed by atoms with Gasteiger partial charge in [-0.2, -0.15) is 0 Å². The van der Waals surface area contributed by atoms with Gasteiger partial charge < -0.3 is 5.32 Å². The fraction of sp³-hybridized carbons (Fsp3) is 0.130. The zero-order chi connectivity index (χ0) is 20.5. The van der Waals surface area contributed by atoms with E-state index < -0.39 is 0 Å². The minimum Gasteiger partial charge on any atom is -0.350 e. The Labute approximate surface area is 178 Å². The minimum atomic E-state index is -0.358. The Morgan fingerprint density at radius 1 is 0.931 bits per heavy atom. The Morgan fingerprint density at radius 3 is 2.45 bits per heavy atom. The number of nitrogens with one attached hydrogen (secondary N) is 1. The first-order chi connectivity index (χ1) is 14.0. The minimum absolute atomic E-state index is 0.226. The number of hydrogen-bond donors (Lipinski definition) is 1. The number of halogens is 2. The summed E-state index contributed by atoms with van der Waals surface area (Å²) in [4.78, 5) is 27.5. The van der Waals surface area contributed by atoms with Gasteiger partial charge in [-0.15, -0.1) is 0 Å². The number of hydrogen-bond acceptors (Lipinski definition) is 3. The molecule has 0 unspecified atom stereocenters. The first-order valence-corrected chi connectivity index (χ1v) is 10.1. The molecule has 29 heavy (non-hydrogen) atoms. The zero-order valence-electron chi connectivity index (χ0n) is 15.7. The maximum absolute atomic E-state index is 13.1. The number of rotatable bonds is 5. The van der Waals surface area contributed by atoms with Crippen molar-refractivity contribution in [3.05, 3.63) is 82.0 Å². The molecule has 3 aromatic rings. The van der Waals surface area contributed by atoms with Gasteiger partial charge in [0.15, 0.2) is 0 Å². The maximum atomic E-state index is 13.1. The van der Waals surface area contributed by atoms with E-state index in [1.54, 1.807) is 18.2 Å². The Balaban J connectivity index is 1.88. The van der Waals surface area contributed by atoms with E-state index in [4.69, 9.17) is 23.2 Å². The molecule has 0 saturated carbocycles. The van der Waals surface area contributed by atoms with E-state index in [0.717, 1.165) is 16.5 Å². The molecular formula is C23H18Cl2N2O2. The van der Waals surface area contributed by atoms with Gasteiger partial charge in [0.1, 0.15) is 5.70 Å². The normalized spacial score (nSPS) is 14.2. The molecule has 1 N–H and O–H groups in total. The van der Waals surface area contributed by atoms with Crippen LogP contribution in [0.4, 0.5) is 5.69 Å². The Morgan fingerprint density at radius 2 is 1.69 bits per heavy atom. The second kappa shape index (κ2) is 7.90. The summed E-state index contributed by atoms with van der Waals surface area (Å²) in [6, 6.07) is 18.5. The molecule has 0 radical (unpaired) electrons. The topological polar surface area (TPSA) is 49.4 Å². The van der Waals surface area contributed by atoms with Crippen molar-refractivity contribution >= 4 is 57.0 Å². The van der Waals surface area contributed by atoms with Crippen molar-refractivity contribution in [1.29, 1.82) is 0 Å². The molecule has 0 aliphatic carbocycles. The summed E-state index contributed by atoms with van der Waals surface area (Å²) >= 11 is 12.4. The number of benzene rings is 3. The second-order valence-corrected chi connectivity index (χ2v) is 7.63. The van der Waals surface area contributed by atoms with Crippen molar-refractivity contribution < 1.29 is 9.59 Å². The number of nitrogens with zero attached hydrogens (tertiary/aromatic N) is 1. The lowest BCUT2D eigenvalue weighted by molar-refractivity contribution is -0.136. The summed E-state index contributed by atoms with van der Waals surface area (Å²) < 4.78 is 0. The van der Waals surface area contributed by atoms with E-state index in [-0.39, 0.29) is 23.1 Å². The van der Waals surface area contributed by atoms with Crippen LogP contribution in [0.15, 0.2) is 66.4 Å². The van der Waals surface area contributed by atoms with Gasteiger partial charge in [0, 0.05) is 28.2 Å². The lowest BCUT2D eigenvalue weighted by Gasteiger charge is -2.14. The van der Waals surface area contributed by atoms with E-state index in [1.807, 2.05) is 49.4 Å². The highest BCUT2D eigenvalue weighted by molar-refractivity contribution is 6.41. The van der Waals surface area contributed by atoms with Crippen LogP contribution in [0.1, 0.15) is 18.9 Å². The highest BCUT2D eigenvalue weighted by atomic mass is 35.5. The van der Waals surface area contributed by atoms with Crippen molar-refractivity contribution in [2.24, 2.45) is 0 Å². The first kappa shape index (κ1) is 19.5. The van der Waals surface area contributed by atoms with Gasteiger partial charge >= 0.3 is 0 Å². The lowest BCUT2D eigenvalue weighted by Crippen LogP contribution is -2.33. The molecule has 1 aliphatic heterocycles. The number of carbonyl (C=O) groups excluding carboxylic acids is 2. The molecule has 2 amide bonds. The van der Waals surface area contributed by atoms with Gasteiger partial charge in [-0.05, 0) is 30.0 Å². The average molecular weight is 425 g/mol. The summed E-state index contributed by atoms with van der Waals surface area (Å²) in [7, 11) is 0. The second-order valence-electron chi connectivity index (χ2n) is 6.79. The Hall–Kier alpha value is -2.82. The van der Waals surface area contributed by atoms with Gasteiger partial charge in [-0.1, -0.05) is 72.6 Å². The van der Waals surface area contributed by atoms with Gasteiger partial charge in [0.2, 0.25) is 0 Å². The van der Waals surface area contributed by atoms with Crippen LogP contribution in [0.5, 0.6) is 0 Å². The van der Waals surface area contributed by atoms with Crippen molar-refractivity contribution in [3.63, 3.8) is 0 Å². The molecule has 146 valence electrons. The zero-order valence-corrected chi connectivity index (χ0v) is 17.2. The monoisotopic (exact) mass is 424 g/mol. The number of imide groups is 1. The van der Waals surface area contributed by atoms with Gasteiger partial charge in [-0.3, -0.25) is 14.5 Å². The van der Waals surface area contributed by atoms with E-state index in [2.05, 4.69) is 5.32 Å². The largest absolute Gasteiger partial charge is 0.350 e. The average Bonchev–Trinajstić information content (AvgIpc) is 2.93. The fourth-order valence-electron chi connectivity index (χ4n) is 3.53. The molecule has 4 nitrogen and oxygen atoms in total. The molecule has 0 saturated heterocycles. The first-order valence-electron chi connectivity index (χ1n) is 9.32. The molecule has 0 atom stereocenters. The Bertz CT molecular complexity index is 1170. The van der Waals surface area contributed by atoms with E-state index in [0.29, 0.717) is 28.6 Å².